The number of morpholine rings is 1. The molecule has 1 aliphatic heterocycles. The van der Waals surface area contributed by atoms with Crippen LogP contribution in [-0.2, 0) is 4.74 Å². The van der Waals surface area contributed by atoms with Gasteiger partial charge in [-0.15, -0.1) is 10.2 Å². The third-order valence-electron chi connectivity index (χ3n) is 4.54. The van der Waals surface area contributed by atoms with Crippen LogP contribution in [0.15, 0.2) is 40.6 Å². The zero-order valence-corrected chi connectivity index (χ0v) is 17.1. The van der Waals surface area contributed by atoms with Crippen molar-refractivity contribution in [3.8, 4) is 0 Å². The molecule has 2 aromatic rings. The van der Waals surface area contributed by atoms with Crippen LogP contribution in [0.1, 0.15) is 26.7 Å². The van der Waals surface area contributed by atoms with E-state index in [-0.39, 0.29) is 0 Å². The molecule has 0 bridgehead atoms. The van der Waals surface area contributed by atoms with Gasteiger partial charge in [-0.05, 0) is 25.0 Å². The number of nitrogens with zero attached hydrogens (tertiary/aromatic N) is 7. The van der Waals surface area contributed by atoms with Gasteiger partial charge in [0.25, 0.3) is 5.82 Å². The summed E-state index contributed by atoms with van der Waals surface area (Å²) >= 11 is 0. The minimum absolute atomic E-state index is 0.312. The van der Waals surface area contributed by atoms with Crippen molar-refractivity contribution < 1.29 is 4.74 Å². The van der Waals surface area contributed by atoms with Crippen molar-refractivity contribution in [2.75, 3.05) is 49.2 Å². The minimum Gasteiger partial charge on any atom is -0.378 e. The quantitative estimate of drug-likeness (QED) is 0.471. The Labute approximate surface area is 172 Å². The molecule has 1 saturated heterocycles. The normalized spacial score (nSPS) is 14.2. The average molecular weight is 393 g/mol. The van der Waals surface area contributed by atoms with Crippen LogP contribution in [0.2, 0.25) is 0 Å². The summed E-state index contributed by atoms with van der Waals surface area (Å²) in [6.07, 6.45) is 1.93. The minimum atomic E-state index is 0.312. The van der Waals surface area contributed by atoms with Gasteiger partial charge >= 0.3 is 5.82 Å². The van der Waals surface area contributed by atoms with Gasteiger partial charge in [0.15, 0.2) is 5.82 Å². The Morgan fingerprint density at radius 2 is 1.76 bits per heavy atom. The second-order valence-electron chi connectivity index (χ2n) is 6.75. The van der Waals surface area contributed by atoms with Crippen LogP contribution in [0.4, 0.5) is 29.0 Å². The Hall–Kier alpha value is -3.05. The number of hydrogen-bond acceptors (Lipinski definition) is 7. The van der Waals surface area contributed by atoms with Crippen molar-refractivity contribution in [3.63, 3.8) is 0 Å². The number of anilines is 2. The third kappa shape index (κ3) is 5.27. The predicted octanol–water partition coefficient (Wildman–Crippen LogP) is 4.91. The predicted molar refractivity (Wildman–Crippen MR) is 115 cm³/mol. The molecule has 0 amide bonds. The molecule has 0 N–H and O–H groups in total. The van der Waals surface area contributed by atoms with Gasteiger partial charge in [0.2, 0.25) is 5.82 Å². The summed E-state index contributed by atoms with van der Waals surface area (Å²) in [5.41, 5.74) is 0.747. The molecular weight excluding hydrogens is 366 g/mol. The topological polar surface area (TPSA) is 70.6 Å². The third-order valence-corrected chi connectivity index (χ3v) is 4.54. The highest BCUT2D eigenvalue weighted by Crippen LogP contribution is 2.35. The van der Waals surface area contributed by atoms with Gasteiger partial charge in [-0.2, -0.15) is 0 Å². The maximum Gasteiger partial charge on any atom is 0.314 e. The van der Waals surface area contributed by atoms with Gasteiger partial charge in [0.05, 0.1) is 18.9 Å². The highest BCUT2D eigenvalue weighted by atomic mass is 16.5. The van der Waals surface area contributed by atoms with Crippen LogP contribution in [-0.4, -0.2) is 49.4 Å². The molecule has 0 aliphatic carbocycles. The van der Waals surface area contributed by atoms with Crippen molar-refractivity contribution in [3.05, 3.63) is 41.7 Å². The lowest BCUT2D eigenvalue weighted by Gasteiger charge is -2.28. The first kappa shape index (κ1) is 20.7. The fourth-order valence-corrected chi connectivity index (χ4v) is 3.21. The Kier molecular flexibility index (Phi) is 7.47. The van der Waals surface area contributed by atoms with Crippen molar-refractivity contribution in [2.24, 2.45) is 10.2 Å². The summed E-state index contributed by atoms with van der Waals surface area (Å²) in [5, 5.41) is 8.78. The van der Waals surface area contributed by atoms with E-state index in [2.05, 4.69) is 43.7 Å². The standard InChI is InChI=1S/C21H27N7O/c1-4-11-27(12-5-2)20-18(22-3)23-21(28-13-15-29-16-14-28)19(24-20)26-25-17-9-7-6-8-10-17/h6-10H,4-5,11-16H2,1-2H3. The van der Waals surface area contributed by atoms with Crippen LogP contribution < -0.4 is 9.80 Å². The number of benzene rings is 1. The molecule has 1 aromatic carbocycles. The van der Waals surface area contributed by atoms with Crippen LogP contribution in [0.25, 0.3) is 4.85 Å². The number of azo groups is 1. The number of ether oxygens (including phenoxy) is 1. The number of hydrogen-bond donors (Lipinski definition) is 0. The van der Waals surface area contributed by atoms with E-state index >= 15 is 0 Å². The smallest absolute Gasteiger partial charge is 0.314 e. The van der Waals surface area contributed by atoms with Crippen molar-refractivity contribution in [1.82, 2.24) is 9.97 Å². The molecule has 8 nitrogen and oxygen atoms in total. The summed E-state index contributed by atoms with van der Waals surface area (Å²) in [5.74, 6) is 1.93. The van der Waals surface area contributed by atoms with Crippen molar-refractivity contribution >= 4 is 29.0 Å². The molecule has 3 rings (SSSR count). The first-order chi connectivity index (χ1) is 14.3. The highest BCUT2D eigenvalue weighted by molar-refractivity contribution is 5.71. The Morgan fingerprint density at radius 3 is 2.38 bits per heavy atom. The maximum atomic E-state index is 7.66. The van der Waals surface area contributed by atoms with Gasteiger partial charge in [0.1, 0.15) is 0 Å². The fraction of sp³-hybridized carbons (Fsp3) is 0.476. The largest absolute Gasteiger partial charge is 0.378 e. The number of aromatic nitrogens is 2. The van der Waals surface area contributed by atoms with Crippen molar-refractivity contribution in [2.45, 2.75) is 26.7 Å². The molecule has 0 unspecified atom stereocenters. The zero-order valence-electron chi connectivity index (χ0n) is 17.1. The molecular formula is C21H27N7O. The van der Waals surface area contributed by atoms with E-state index in [0.29, 0.717) is 49.6 Å². The molecule has 1 aromatic heterocycles. The monoisotopic (exact) mass is 393 g/mol. The van der Waals surface area contributed by atoms with Gasteiger partial charge < -0.3 is 19.4 Å². The van der Waals surface area contributed by atoms with E-state index in [1.54, 1.807) is 0 Å². The maximum absolute atomic E-state index is 7.66. The van der Waals surface area contributed by atoms with Crippen LogP contribution in [0, 0.1) is 6.57 Å². The molecule has 152 valence electrons. The lowest BCUT2D eigenvalue weighted by atomic mass is 10.3. The molecule has 0 radical (unpaired) electrons. The van der Waals surface area contributed by atoms with E-state index in [0.717, 1.165) is 31.6 Å². The molecule has 29 heavy (non-hydrogen) atoms. The first-order valence-electron chi connectivity index (χ1n) is 10.1. The van der Waals surface area contributed by atoms with E-state index in [1.807, 2.05) is 30.3 Å². The van der Waals surface area contributed by atoms with Crippen LogP contribution >= 0.6 is 0 Å². The van der Waals surface area contributed by atoms with Crippen LogP contribution in [0.3, 0.4) is 0 Å². The summed E-state index contributed by atoms with van der Waals surface area (Å²) in [4.78, 5) is 17.3. The molecule has 0 saturated carbocycles. The highest BCUT2D eigenvalue weighted by Gasteiger charge is 2.26. The molecule has 8 heteroatoms. The van der Waals surface area contributed by atoms with Gasteiger partial charge in [-0.3, -0.25) is 0 Å². The average Bonchev–Trinajstić information content (AvgIpc) is 2.78. The van der Waals surface area contributed by atoms with Gasteiger partial charge in [0, 0.05) is 26.2 Å². The summed E-state index contributed by atoms with van der Waals surface area (Å²) in [7, 11) is 0. The summed E-state index contributed by atoms with van der Waals surface area (Å²) < 4.78 is 5.46. The van der Waals surface area contributed by atoms with Gasteiger partial charge in [-0.25, -0.2) is 4.98 Å². The molecule has 0 spiro atoms. The SMILES string of the molecule is [C-]#[N+]c1nc(N2CCOCC2)c(N=Nc2ccccc2)nc1N(CCC)CCC. The van der Waals surface area contributed by atoms with E-state index in [1.165, 1.54) is 0 Å². The lowest BCUT2D eigenvalue weighted by molar-refractivity contribution is 0.122. The van der Waals surface area contributed by atoms with E-state index in [9.17, 15) is 0 Å². The van der Waals surface area contributed by atoms with Crippen LogP contribution in [0.5, 0.6) is 0 Å². The van der Waals surface area contributed by atoms with Gasteiger partial charge in [-0.1, -0.05) is 43.6 Å². The summed E-state index contributed by atoms with van der Waals surface area (Å²) in [6, 6.07) is 9.55. The Bertz CT molecular complexity index is 851. The first-order valence-corrected chi connectivity index (χ1v) is 10.1. The molecule has 0 atom stereocenters. The Morgan fingerprint density at radius 1 is 1.07 bits per heavy atom. The van der Waals surface area contributed by atoms with E-state index < -0.39 is 0 Å². The second kappa shape index (κ2) is 10.5. The molecule has 1 fully saturated rings. The molecule has 2 heterocycles. The number of rotatable bonds is 8. The second-order valence-corrected chi connectivity index (χ2v) is 6.75. The van der Waals surface area contributed by atoms with E-state index in [4.69, 9.17) is 16.3 Å². The lowest BCUT2D eigenvalue weighted by Crippen LogP contribution is -2.37. The van der Waals surface area contributed by atoms with Crippen molar-refractivity contribution in [1.29, 1.82) is 0 Å². The zero-order chi connectivity index (χ0) is 20.5. The summed E-state index contributed by atoms with van der Waals surface area (Å²) in [6.45, 7) is 16.1. The Balaban J connectivity index is 2.06. The molecule has 1 aliphatic rings. The fourth-order valence-electron chi connectivity index (χ4n) is 3.21.